The molecule has 5 aliphatic carbocycles. The Kier molecular flexibility index (Phi) is 21.1. The van der Waals surface area contributed by atoms with Gasteiger partial charge < -0.3 is 89.3 Å². The van der Waals surface area contributed by atoms with E-state index in [0.717, 1.165) is 64.2 Å². The van der Waals surface area contributed by atoms with Crippen LogP contribution in [0, 0.1) is 73.9 Å². The Morgan fingerprint density at radius 2 is 1.36 bits per heavy atom. The van der Waals surface area contributed by atoms with Crippen molar-refractivity contribution in [3.05, 3.63) is 24.3 Å². The molecule has 0 bridgehead atoms. The maximum absolute atomic E-state index is 14.8. The third kappa shape index (κ3) is 12.6. The van der Waals surface area contributed by atoms with Gasteiger partial charge in [0.1, 0.15) is 79.4 Å². The van der Waals surface area contributed by atoms with Crippen LogP contribution in [-0.4, -0.2) is 192 Å². The molecule has 20 heteroatoms. The molecule has 25 atom stereocenters. The van der Waals surface area contributed by atoms with Gasteiger partial charge in [-0.3, -0.25) is 4.79 Å². The number of hydrogen-bond acceptors (Lipinski definition) is 20. The quantitative estimate of drug-likeness (QED) is 0.0290. The van der Waals surface area contributed by atoms with Crippen LogP contribution in [-0.2, 0) is 42.7 Å². The summed E-state index contributed by atoms with van der Waals surface area (Å²) in [5.74, 6) is 8.86. The lowest BCUT2D eigenvalue weighted by molar-refractivity contribution is -0.343. The molecule has 0 aromatic carbocycles. The smallest absolute Gasteiger partial charge is 0.338 e. The Morgan fingerprint density at radius 3 is 2.04 bits per heavy atom. The molecular formula is C64H98O20. The molecule has 0 radical (unpaired) electrons. The standard InChI is InChI=1S/C64H98O20/c1-10-12-13-14-18-21-39(38(68)20-17-15-16-19-35(67)11-2)78-54(76)53-52(82-55-49(73)46(70)41(34-66)79-55)48(72)51(75)57(83-53)81-44-25-26-61(7)42(60(44,5)6)24-27-63(9)43(61)23-22-36-37-32-59(3,4)28-30-64(37,31-29-62(36,63)8)58(77)84-56-50(74)47(71)45(69)40(33-65)80-56/h11,22,35,37-53,55-57,65-75H,2,10,12-14,18,20-21,23-34H2,1,3-9H3/t35-,37-,38-,39-,40+,41-,42-,43+,44-,45+,46-,47-,48+,49+,50+,51+,52-,53-,55-,56-,57+,61-,62+,63+,64-/m0/s1. The number of fused-ring (bicyclic) bond motifs is 7. The minimum absolute atomic E-state index is 0.0836. The van der Waals surface area contributed by atoms with Gasteiger partial charge in [0.15, 0.2) is 18.7 Å². The first-order valence-corrected chi connectivity index (χ1v) is 30.9. The van der Waals surface area contributed by atoms with Crippen molar-refractivity contribution in [3.63, 3.8) is 0 Å². The van der Waals surface area contributed by atoms with Gasteiger partial charge in [0, 0.05) is 6.42 Å². The van der Waals surface area contributed by atoms with Gasteiger partial charge in [0.05, 0.1) is 24.7 Å². The zero-order chi connectivity index (χ0) is 61.5. The summed E-state index contributed by atoms with van der Waals surface area (Å²) in [5, 5.41) is 118. The second kappa shape index (κ2) is 26.5. The van der Waals surface area contributed by atoms with E-state index in [1.165, 1.54) is 11.6 Å². The number of carbonyl (C=O) groups is 2. The van der Waals surface area contributed by atoms with Crippen LogP contribution in [0.5, 0.6) is 0 Å². The molecule has 84 heavy (non-hydrogen) atoms. The van der Waals surface area contributed by atoms with E-state index in [1.807, 2.05) is 0 Å². The topological polar surface area (TPSA) is 321 Å². The molecule has 0 aromatic heterocycles. The van der Waals surface area contributed by atoms with E-state index in [-0.39, 0.29) is 52.3 Å². The van der Waals surface area contributed by atoms with E-state index in [0.29, 0.717) is 32.1 Å². The number of carbonyl (C=O) groups excluding carboxylic acids is 2. The molecule has 11 N–H and O–H groups in total. The van der Waals surface area contributed by atoms with Crippen LogP contribution in [0.3, 0.4) is 0 Å². The highest BCUT2D eigenvalue weighted by Gasteiger charge is 2.70. The number of aliphatic hydroxyl groups excluding tert-OH is 11. The van der Waals surface area contributed by atoms with E-state index < -0.39 is 146 Å². The summed E-state index contributed by atoms with van der Waals surface area (Å²) in [7, 11) is 0. The summed E-state index contributed by atoms with van der Waals surface area (Å²) in [4.78, 5) is 29.5. The first kappa shape index (κ1) is 66.8. The first-order valence-electron chi connectivity index (χ1n) is 30.9. The van der Waals surface area contributed by atoms with Crippen LogP contribution in [0.2, 0.25) is 0 Å². The Bertz CT molecular complexity index is 2460. The van der Waals surface area contributed by atoms with E-state index in [1.54, 1.807) is 0 Å². The van der Waals surface area contributed by atoms with Gasteiger partial charge in [-0.2, -0.15) is 0 Å². The Labute approximate surface area is 495 Å². The minimum atomic E-state index is -1.91. The molecule has 0 unspecified atom stereocenters. The Hall–Kier alpha value is -3.10. The highest BCUT2D eigenvalue weighted by molar-refractivity contribution is 5.79. The lowest BCUT2D eigenvalue weighted by Crippen LogP contribution is -2.66. The van der Waals surface area contributed by atoms with Crippen molar-refractivity contribution in [1.29, 1.82) is 0 Å². The van der Waals surface area contributed by atoms with Gasteiger partial charge in [-0.1, -0.05) is 117 Å². The number of aliphatic hydroxyl groups is 11. The van der Waals surface area contributed by atoms with E-state index in [4.69, 9.17) is 33.2 Å². The second-order valence-electron chi connectivity index (χ2n) is 27.9. The van der Waals surface area contributed by atoms with E-state index in [2.05, 4.69) is 91.7 Å². The summed E-state index contributed by atoms with van der Waals surface area (Å²) in [5.41, 5.74) is -1.09. The predicted octanol–water partition coefficient (Wildman–Crippen LogP) is 3.36. The molecule has 0 amide bonds. The molecule has 3 saturated heterocycles. The first-order chi connectivity index (χ1) is 39.6. The summed E-state index contributed by atoms with van der Waals surface area (Å²) < 4.78 is 42.6. The lowest BCUT2D eigenvalue weighted by Gasteiger charge is -2.71. The molecule has 3 aliphatic heterocycles. The monoisotopic (exact) mass is 1190 g/mol. The van der Waals surface area contributed by atoms with Crippen LogP contribution in [0.4, 0.5) is 0 Å². The van der Waals surface area contributed by atoms with Gasteiger partial charge in [-0.15, -0.1) is 0 Å². The third-order valence-electron chi connectivity index (χ3n) is 22.1. The summed E-state index contributed by atoms with van der Waals surface area (Å²) in [6, 6.07) is 0. The molecule has 8 aliphatic rings. The van der Waals surface area contributed by atoms with E-state index in [9.17, 15) is 65.8 Å². The average Bonchev–Trinajstić information content (AvgIpc) is 0.755. The van der Waals surface area contributed by atoms with Crippen LogP contribution in [0.15, 0.2) is 24.3 Å². The summed E-state index contributed by atoms with van der Waals surface area (Å²) in [6.45, 7) is 20.2. The van der Waals surface area contributed by atoms with E-state index >= 15 is 0 Å². The number of ether oxygens (including phenoxy) is 7. The maximum atomic E-state index is 14.8. The van der Waals surface area contributed by atoms with Crippen LogP contribution < -0.4 is 0 Å². The highest BCUT2D eigenvalue weighted by Crippen LogP contribution is 2.76. The molecule has 0 spiro atoms. The fourth-order valence-electron chi connectivity index (χ4n) is 16.8. The largest absolute Gasteiger partial charge is 0.458 e. The molecule has 20 nitrogen and oxygen atoms in total. The minimum Gasteiger partial charge on any atom is -0.458 e. The van der Waals surface area contributed by atoms with Crippen LogP contribution >= 0.6 is 0 Å². The molecule has 0 aromatic rings. The van der Waals surface area contributed by atoms with Gasteiger partial charge in [0.2, 0.25) is 6.29 Å². The van der Waals surface area contributed by atoms with Crippen LogP contribution in [0.1, 0.15) is 165 Å². The molecule has 8 rings (SSSR count). The van der Waals surface area contributed by atoms with Crippen molar-refractivity contribution in [2.75, 3.05) is 13.2 Å². The van der Waals surface area contributed by atoms with Crippen molar-refractivity contribution in [2.24, 2.45) is 50.2 Å². The zero-order valence-electron chi connectivity index (χ0n) is 50.5. The number of esters is 2. The molecule has 7 fully saturated rings. The molecule has 3 heterocycles. The van der Waals surface area contributed by atoms with Crippen molar-refractivity contribution < 1.29 is 98.9 Å². The highest BCUT2D eigenvalue weighted by atomic mass is 16.8. The van der Waals surface area contributed by atoms with Crippen molar-refractivity contribution in [1.82, 2.24) is 0 Å². The Morgan fingerprint density at radius 1 is 0.726 bits per heavy atom. The van der Waals surface area contributed by atoms with Gasteiger partial charge in [-0.05, 0) is 134 Å². The molecule has 474 valence electrons. The fourth-order valence-corrected chi connectivity index (χ4v) is 16.8. The van der Waals surface area contributed by atoms with Crippen molar-refractivity contribution >= 4 is 11.9 Å². The number of rotatable bonds is 19. The average molecular weight is 1190 g/mol. The summed E-state index contributed by atoms with van der Waals surface area (Å²) in [6.07, 6.45) is -12.1. The lowest BCUT2D eigenvalue weighted by atomic mass is 9.33. The number of allylic oxidation sites excluding steroid dienone is 2. The molecule has 4 saturated carbocycles. The molecular weight excluding hydrogens is 1090 g/mol. The normalized spacial score (nSPS) is 44.1. The van der Waals surface area contributed by atoms with Crippen molar-refractivity contribution in [2.45, 2.75) is 275 Å². The van der Waals surface area contributed by atoms with Gasteiger partial charge >= 0.3 is 11.9 Å². The Balaban J connectivity index is 1.03. The predicted molar refractivity (Wildman–Crippen MR) is 303 cm³/mol. The zero-order valence-corrected chi connectivity index (χ0v) is 50.5. The van der Waals surface area contributed by atoms with Crippen LogP contribution in [0.25, 0.3) is 0 Å². The number of hydrogen-bond donors (Lipinski definition) is 11. The number of unbranched alkanes of at least 4 members (excludes halogenated alkanes) is 4. The van der Waals surface area contributed by atoms with Gasteiger partial charge in [-0.25, -0.2) is 4.79 Å². The third-order valence-corrected chi connectivity index (χ3v) is 22.1. The fraction of sp³-hybridized carbons (Fsp3) is 0.844. The van der Waals surface area contributed by atoms with Crippen molar-refractivity contribution in [3.8, 4) is 23.7 Å². The summed E-state index contributed by atoms with van der Waals surface area (Å²) >= 11 is 0. The maximum Gasteiger partial charge on any atom is 0.338 e. The second-order valence-corrected chi connectivity index (χ2v) is 27.9. The SMILES string of the molecule is C=C[C@H](O)C#CC#CC[C@H](O)[C@H](CCCCCCC)OC(=O)[C@H]1O[C@@H](O[C@H]2CC[C@]3(C)[C@H]4CC=C5[C@@H]6CC(C)(C)CC[C@]6(C(=O)O[C@@H]6O[C@H](CO)[C@@H](O)[C@H](O)[C@H]6O)CC[C@@]5(C)[C@]4(C)CC[C@H]3C2(C)C)[C@H](O)[C@@H](O)[C@@H]1O[C@@H]1O[C@@H](CO)[C@H](O)[C@H]1O. The van der Waals surface area contributed by atoms with Gasteiger partial charge in [0.25, 0.3) is 0 Å².